The van der Waals surface area contributed by atoms with Crippen LogP contribution in [0.2, 0.25) is 0 Å². The Hall–Kier alpha value is -4.39. The third-order valence-corrected chi connectivity index (χ3v) is 10.0. The summed E-state index contributed by atoms with van der Waals surface area (Å²) < 4.78 is 19.4. The monoisotopic (exact) mass is 708 g/mol. The minimum absolute atomic E-state index is 0.363. The molecule has 0 bridgehead atoms. The highest BCUT2D eigenvalue weighted by Gasteiger charge is 2.09. The van der Waals surface area contributed by atoms with E-state index in [9.17, 15) is 4.79 Å². The van der Waals surface area contributed by atoms with E-state index in [-0.39, 0.29) is 5.97 Å². The summed E-state index contributed by atoms with van der Waals surface area (Å²) in [7, 11) is 0. The van der Waals surface area contributed by atoms with E-state index in [2.05, 4.69) is 73.5 Å². The molecule has 2 heterocycles. The Morgan fingerprint density at radius 3 is 1.90 bits per heavy atom. The van der Waals surface area contributed by atoms with Crippen LogP contribution in [-0.4, -0.2) is 39.0 Å². The minimum Gasteiger partial charge on any atom is -0.494 e. The molecule has 0 aliphatic carbocycles. The maximum absolute atomic E-state index is 11.0. The number of thiophene rings is 2. The van der Waals surface area contributed by atoms with Gasteiger partial charge in [-0.1, -0.05) is 30.9 Å². The first-order chi connectivity index (χ1) is 24.6. The molecule has 0 fully saturated rings. The van der Waals surface area contributed by atoms with Crippen LogP contribution in [0.1, 0.15) is 61.8 Å². The number of fused-ring (bicyclic) bond motifs is 2. The average Bonchev–Trinajstić information content (AvgIpc) is 3.75. The number of rotatable bonds is 21. The molecule has 0 aliphatic rings. The van der Waals surface area contributed by atoms with Crippen LogP contribution in [0.3, 0.4) is 0 Å². The van der Waals surface area contributed by atoms with Gasteiger partial charge < -0.3 is 14.2 Å². The lowest BCUT2D eigenvalue weighted by Crippen LogP contribution is -2.02. The highest BCUT2D eigenvalue weighted by molar-refractivity contribution is 7.23. The van der Waals surface area contributed by atoms with Gasteiger partial charge in [0, 0.05) is 25.9 Å². The molecule has 3 aromatic carbocycles. The molecule has 2 aromatic heterocycles. The average molecular weight is 709 g/mol. The van der Waals surface area contributed by atoms with Gasteiger partial charge in [0.1, 0.15) is 18.1 Å². The summed E-state index contributed by atoms with van der Waals surface area (Å²) >= 11 is 3.54. The summed E-state index contributed by atoms with van der Waals surface area (Å²) in [5.41, 5.74) is 2.16. The Kier molecular flexibility index (Phi) is 15.0. The molecule has 8 heteroatoms. The quantitative estimate of drug-likeness (QED) is 0.0144. The molecule has 0 spiro atoms. The first-order valence-electron chi connectivity index (χ1n) is 17.2. The van der Waals surface area contributed by atoms with Gasteiger partial charge in [-0.2, -0.15) is 0 Å². The van der Waals surface area contributed by atoms with Gasteiger partial charge in [0.15, 0.2) is 0 Å². The predicted octanol–water partition coefficient (Wildman–Crippen LogP) is 10.9. The molecule has 0 radical (unpaired) electrons. The number of esters is 1. The lowest BCUT2D eigenvalue weighted by molar-refractivity contribution is -0.286. The van der Waals surface area contributed by atoms with Gasteiger partial charge in [0.05, 0.1) is 31.3 Å². The zero-order chi connectivity index (χ0) is 34.8. The summed E-state index contributed by atoms with van der Waals surface area (Å²) in [5.74, 6) is 8.04. The predicted molar refractivity (Wildman–Crippen MR) is 206 cm³/mol. The van der Waals surface area contributed by atoms with Crippen molar-refractivity contribution in [2.24, 2.45) is 0 Å². The van der Waals surface area contributed by atoms with E-state index >= 15 is 0 Å². The summed E-state index contributed by atoms with van der Waals surface area (Å²) in [6.45, 7) is 9.83. The number of carbonyl (C=O) groups excluding carboxylic acids is 1. The van der Waals surface area contributed by atoms with Gasteiger partial charge >= 0.3 is 5.97 Å². The largest absolute Gasteiger partial charge is 0.494 e. The molecule has 0 atom stereocenters. The highest BCUT2D eigenvalue weighted by atomic mass is 32.1. The van der Waals surface area contributed by atoms with E-state index < -0.39 is 0 Å². The van der Waals surface area contributed by atoms with Gasteiger partial charge in [-0.3, -0.25) is 0 Å². The Morgan fingerprint density at radius 1 is 0.640 bits per heavy atom. The summed E-state index contributed by atoms with van der Waals surface area (Å²) in [6, 6.07) is 25.4. The molecule has 260 valence electrons. The maximum atomic E-state index is 11.0. The third kappa shape index (κ3) is 11.9. The lowest BCUT2D eigenvalue weighted by atomic mass is 10.1. The normalized spacial score (nSPS) is 10.9. The number of hydrogen-bond donors (Lipinski definition) is 0. The Balaban J connectivity index is 1.05. The molecule has 50 heavy (non-hydrogen) atoms. The van der Waals surface area contributed by atoms with Gasteiger partial charge in [-0.25, -0.2) is 14.6 Å². The highest BCUT2D eigenvalue weighted by Crippen LogP contribution is 2.38. The molecule has 0 N–H and O–H groups in total. The van der Waals surface area contributed by atoms with Crippen molar-refractivity contribution in [2.45, 2.75) is 51.4 Å². The summed E-state index contributed by atoms with van der Waals surface area (Å²) in [5, 5.41) is 2.47. The zero-order valence-corrected chi connectivity index (χ0v) is 30.1. The Bertz CT molecular complexity index is 1820. The summed E-state index contributed by atoms with van der Waals surface area (Å²) in [4.78, 5) is 23.3. The van der Waals surface area contributed by atoms with Crippen molar-refractivity contribution in [1.29, 1.82) is 0 Å². The smallest absolute Gasteiger partial charge is 0.330 e. The number of benzene rings is 3. The first kappa shape index (κ1) is 36.9. The van der Waals surface area contributed by atoms with Crippen molar-refractivity contribution in [1.82, 2.24) is 0 Å². The van der Waals surface area contributed by atoms with Crippen LogP contribution in [0, 0.1) is 11.8 Å². The first-order valence-corrected chi connectivity index (χ1v) is 18.8. The SMILES string of the molecule is C=CCOOCCCCCCOc1ccc(-c2cc3cc4sc(C#Cc5ccc(OCCCCCCOC(=O)C=C)cc5)cc4cc3s2)cc1. The Labute approximate surface area is 303 Å². The van der Waals surface area contributed by atoms with Crippen LogP contribution in [0.4, 0.5) is 0 Å². The molecule has 0 saturated heterocycles. The van der Waals surface area contributed by atoms with Gasteiger partial charge in [0.2, 0.25) is 0 Å². The molecule has 0 saturated carbocycles. The van der Waals surface area contributed by atoms with Crippen molar-refractivity contribution in [3.8, 4) is 33.8 Å². The maximum Gasteiger partial charge on any atom is 0.330 e. The van der Waals surface area contributed by atoms with Crippen molar-refractivity contribution < 1.29 is 28.8 Å². The van der Waals surface area contributed by atoms with Crippen molar-refractivity contribution in [3.63, 3.8) is 0 Å². The van der Waals surface area contributed by atoms with Crippen molar-refractivity contribution in [3.05, 3.63) is 109 Å². The molecule has 0 amide bonds. The van der Waals surface area contributed by atoms with E-state index in [1.165, 1.54) is 36.7 Å². The number of ether oxygens (including phenoxy) is 3. The van der Waals surface area contributed by atoms with Crippen molar-refractivity contribution >= 4 is 48.8 Å². The van der Waals surface area contributed by atoms with Crippen molar-refractivity contribution in [2.75, 3.05) is 33.0 Å². The fourth-order valence-electron chi connectivity index (χ4n) is 5.20. The molecule has 5 aromatic rings. The van der Waals surface area contributed by atoms with Gasteiger partial charge in [-0.05, 0) is 134 Å². The molecule has 0 aliphatic heterocycles. The van der Waals surface area contributed by atoms with Crippen LogP contribution >= 0.6 is 22.7 Å². The summed E-state index contributed by atoms with van der Waals surface area (Å²) in [6.07, 6.45) is 10.9. The molecule has 0 unspecified atom stereocenters. The van der Waals surface area contributed by atoms with Crippen LogP contribution in [0.5, 0.6) is 11.5 Å². The van der Waals surface area contributed by atoms with E-state index in [0.29, 0.717) is 33.0 Å². The van der Waals surface area contributed by atoms with Crippen LogP contribution in [0.15, 0.2) is 98.1 Å². The molecular weight excluding hydrogens is 665 g/mol. The third-order valence-electron chi connectivity index (χ3n) is 7.86. The van der Waals surface area contributed by atoms with E-state index in [1.807, 2.05) is 35.6 Å². The number of hydrogen-bond acceptors (Lipinski definition) is 8. The standard InChI is InChI=1S/C42H44O6S2/c1-3-23-47-48-27-12-8-7-10-25-45-37-20-16-33(17-21-37)39-30-35-31-40-34(29-41(35)50-39)28-38(49-40)22-15-32-13-18-36(19-14-32)44-24-9-5-6-11-26-46-42(43)4-2/h3-4,13-14,16-21,28-31H,1-2,5-12,23-27H2. The number of unbranched alkanes of at least 4 members (excludes halogenated alkanes) is 6. The molecule has 5 rings (SSSR count). The second-order valence-electron chi connectivity index (χ2n) is 11.7. The molecular formula is C42H44O6S2. The van der Waals surface area contributed by atoms with E-state index in [1.54, 1.807) is 17.4 Å². The van der Waals surface area contributed by atoms with Crippen LogP contribution in [-0.2, 0) is 19.3 Å². The van der Waals surface area contributed by atoms with Crippen LogP contribution < -0.4 is 9.47 Å². The Morgan fingerprint density at radius 2 is 1.24 bits per heavy atom. The topological polar surface area (TPSA) is 63.2 Å². The van der Waals surface area contributed by atoms with E-state index in [4.69, 9.17) is 24.0 Å². The zero-order valence-electron chi connectivity index (χ0n) is 28.5. The molecule has 6 nitrogen and oxygen atoms in total. The second kappa shape index (κ2) is 20.3. The van der Waals surface area contributed by atoms with Crippen LogP contribution in [0.25, 0.3) is 30.6 Å². The fraction of sp³-hybridized carbons (Fsp3) is 0.310. The van der Waals surface area contributed by atoms with Gasteiger partial charge in [-0.15, -0.1) is 29.3 Å². The van der Waals surface area contributed by atoms with E-state index in [0.717, 1.165) is 73.3 Å². The second-order valence-corrected chi connectivity index (χ2v) is 13.9. The van der Waals surface area contributed by atoms with Gasteiger partial charge in [0.25, 0.3) is 0 Å². The number of carbonyl (C=O) groups is 1. The lowest BCUT2D eigenvalue weighted by Gasteiger charge is -2.07. The fourth-order valence-corrected chi connectivity index (χ4v) is 7.25. The minimum atomic E-state index is -0.363.